The maximum Gasteiger partial charge on any atom is 0.273 e. The lowest BCUT2D eigenvalue weighted by molar-refractivity contribution is 0.0634. The van der Waals surface area contributed by atoms with Crippen molar-refractivity contribution >= 4 is 11.8 Å². The summed E-state index contributed by atoms with van der Waals surface area (Å²) in [7, 11) is 4.98. The Balaban J connectivity index is 1.43. The third kappa shape index (κ3) is 4.42. The molecule has 1 aliphatic heterocycles. The molecule has 0 aliphatic carbocycles. The minimum absolute atomic E-state index is 0.0736. The van der Waals surface area contributed by atoms with Crippen LogP contribution in [0.5, 0.6) is 5.88 Å². The van der Waals surface area contributed by atoms with E-state index < -0.39 is 0 Å². The average Bonchev–Trinajstić information content (AvgIpc) is 3.27. The Morgan fingerprint density at radius 3 is 2.52 bits per heavy atom. The molecule has 2 aromatic heterocycles. The SMILES string of the molecule is COc1nn(C)cc1C(=O)N1CCN(CCNC(=O)c2cn(C)nn2)CC1. The van der Waals surface area contributed by atoms with Crippen LogP contribution in [0.25, 0.3) is 0 Å². The molecule has 11 heteroatoms. The van der Waals surface area contributed by atoms with Gasteiger partial charge in [-0.2, -0.15) is 0 Å². The number of amides is 2. The molecular weight excluding hydrogens is 352 g/mol. The minimum atomic E-state index is -0.236. The fourth-order valence-corrected chi connectivity index (χ4v) is 2.98. The largest absolute Gasteiger partial charge is 0.479 e. The van der Waals surface area contributed by atoms with Gasteiger partial charge in [-0.25, -0.2) is 0 Å². The molecule has 1 fully saturated rings. The number of hydrogen-bond acceptors (Lipinski definition) is 7. The van der Waals surface area contributed by atoms with Crippen molar-refractivity contribution in [1.29, 1.82) is 0 Å². The van der Waals surface area contributed by atoms with E-state index in [0.29, 0.717) is 43.3 Å². The highest BCUT2D eigenvalue weighted by molar-refractivity contribution is 5.96. The molecule has 3 heterocycles. The van der Waals surface area contributed by atoms with E-state index in [4.69, 9.17) is 4.74 Å². The van der Waals surface area contributed by atoms with E-state index in [2.05, 4.69) is 25.6 Å². The van der Waals surface area contributed by atoms with Crippen LogP contribution in [0, 0.1) is 0 Å². The topological polar surface area (TPSA) is 110 Å². The summed E-state index contributed by atoms with van der Waals surface area (Å²) in [5.41, 5.74) is 0.781. The number of aryl methyl sites for hydroxylation is 2. The molecule has 0 atom stereocenters. The molecule has 146 valence electrons. The van der Waals surface area contributed by atoms with Crippen molar-refractivity contribution in [2.75, 3.05) is 46.4 Å². The molecule has 2 amide bonds. The Kier molecular flexibility index (Phi) is 5.69. The zero-order valence-electron chi connectivity index (χ0n) is 15.8. The second-order valence-electron chi connectivity index (χ2n) is 6.39. The molecule has 1 N–H and O–H groups in total. The number of hydrogen-bond donors (Lipinski definition) is 1. The normalized spacial score (nSPS) is 15.0. The van der Waals surface area contributed by atoms with Crippen LogP contribution in [0.1, 0.15) is 20.8 Å². The number of ether oxygens (including phenoxy) is 1. The quantitative estimate of drug-likeness (QED) is 0.670. The second kappa shape index (κ2) is 8.16. The van der Waals surface area contributed by atoms with Crippen LogP contribution < -0.4 is 10.1 Å². The van der Waals surface area contributed by atoms with Crippen molar-refractivity contribution in [3.63, 3.8) is 0 Å². The van der Waals surface area contributed by atoms with Gasteiger partial charge in [0.2, 0.25) is 5.88 Å². The molecule has 0 bridgehead atoms. The molecule has 1 saturated heterocycles. The fraction of sp³-hybridized carbons (Fsp3) is 0.562. The summed E-state index contributed by atoms with van der Waals surface area (Å²) < 4.78 is 8.23. The number of carbonyl (C=O) groups is 2. The Labute approximate surface area is 156 Å². The third-order valence-corrected chi connectivity index (χ3v) is 4.43. The van der Waals surface area contributed by atoms with Crippen LogP contribution in [0.4, 0.5) is 0 Å². The summed E-state index contributed by atoms with van der Waals surface area (Å²) in [5, 5.41) is 14.5. The van der Waals surface area contributed by atoms with Crippen molar-refractivity contribution < 1.29 is 14.3 Å². The van der Waals surface area contributed by atoms with E-state index >= 15 is 0 Å². The van der Waals surface area contributed by atoms with Crippen molar-refractivity contribution in [2.45, 2.75) is 0 Å². The first-order chi connectivity index (χ1) is 13.0. The van der Waals surface area contributed by atoms with Gasteiger partial charge in [0.05, 0.1) is 13.3 Å². The smallest absolute Gasteiger partial charge is 0.273 e. The molecule has 0 unspecified atom stereocenters. The maximum atomic E-state index is 12.7. The van der Waals surface area contributed by atoms with Gasteiger partial charge in [0.25, 0.3) is 11.8 Å². The first-order valence-corrected chi connectivity index (χ1v) is 8.71. The van der Waals surface area contributed by atoms with Gasteiger partial charge in [0, 0.05) is 59.6 Å². The Morgan fingerprint density at radius 2 is 1.89 bits per heavy atom. The summed E-state index contributed by atoms with van der Waals surface area (Å²) in [4.78, 5) is 28.6. The van der Waals surface area contributed by atoms with E-state index in [1.54, 1.807) is 36.1 Å². The van der Waals surface area contributed by atoms with E-state index in [1.807, 2.05) is 0 Å². The van der Waals surface area contributed by atoms with Gasteiger partial charge in [0.15, 0.2) is 5.69 Å². The minimum Gasteiger partial charge on any atom is -0.479 e. The summed E-state index contributed by atoms with van der Waals surface area (Å²) in [6.07, 6.45) is 3.25. The molecule has 0 radical (unpaired) electrons. The fourth-order valence-electron chi connectivity index (χ4n) is 2.98. The number of methoxy groups -OCH3 is 1. The van der Waals surface area contributed by atoms with Gasteiger partial charge in [-0.3, -0.25) is 23.9 Å². The summed E-state index contributed by atoms with van der Waals surface area (Å²) in [6, 6.07) is 0. The van der Waals surface area contributed by atoms with Gasteiger partial charge in [-0.05, 0) is 0 Å². The van der Waals surface area contributed by atoms with Crippen LogP contribution in [-0.4, -0.2) is 92.8 Å². The number of piperazine rings is 1. The van der Waals surface area contributed by atoms with Gasteiger partial charge < -0.3 is 15.0 Å². The molecule has 27 heavy (non-hydrogen) atoms. The van der Waals surface area contributed by atoms with Gasteiger partial charge >= 0.3 is 0 Å². The maximum absolute atomic E-state index is 12.7. The highest BCUT2D eigenvalue weighted by atomic mass is 16.5. The lowest BCUT2D eigenvalue weighted by Gasteiger charge is -2.34. The Morgan fingerprint density at radius 1 is 1.15 bits per heavy atom. The van der Waals surface area contributed by atoms with Crippen molar-refractivity contribution in [2.24, 2.45) is 14.1 Å². The van der Waals surface area contributed by atoms with Crippen LogP contribution in [0.15, 0.2) is 12.4 Å². The molecule has 0 saturated carbocycles. The van der Waals surface area contributed by atoms with E-state index in [-0.39, 0.29) is 11.8 Å². The van der Waals surface area contributed by atoms with E-state index in [0.717, 1.165) is 13.1 Å². The Bertz CT molecular complexity index is 806. The van der Waals surface area contributed by atoms with E-state index in [1.165, 1.54) is 11.8 Å². The summed E-state index contributed by atoms with van der Waals surface area (Å²) in [6.45, 7) is 3.96. The lowest BCUT2D eigenvalue weighted by Crippen LogP contribution is -2.50. The van der Waals surface area contributed by atoms with Crippen LogP contribution in [0.3, 0.4) is 0 Å². The van der Waals surface area contributed by atoms with Gasteiger partial charge in [0.1, 0.15) is 5.56 Å². The summed E-state index contributed by atoms with van der Waals surface area (Å²) >= 11 is 0. The van der Waals surface area contributed by atoms with Crippen LogP contribution in [0.2, 0.25) is 0 Å². The van der Waals surface area contributed by atoms with Crippen LogP contribution >= 0.6 is 0 Å². The Hall–Kier alpha value is -2.95. The number of nitrogens with zero attached hydrogens (tertiary/aromatic N) is 7. The van der Waals surface area contributed by atoms with E-state index in [9.17, 15) is 9.59 Å². The monoisotopic (exact) mass is 376 g/mol. The molecule has 1 aliphatic rings. The molecule has 2 aromatic rings. The predicted molar refractivity (Wildman–Crippen MR) is 95.4 cm³/mol. The molecule has 11 nitrogen and oxygen atoms in total. The zero-order chi connectivity index (χ0) is 19.4. The zero-order valence-corrected chi connectivity index (χ0v) is 15.8. The van der Waals surface area contributed by atoms with Crippen molar-refractivity contribution in [3.8, 4) is 5.88 Å². The average molecular weight is 376 g/mol. The number of rotatable bonds is 6. The first-order valence-electron chi connectivity index (χ1n) is 8.71. The highest BCUT2D eigenvalue weighted by Crippen LogP contribution is 2.18. The molecule has 0 aromatic carbocycles. The molecule has 0 spiro atoms. The standard InChI is InChI=1S/C16H24N8O3/c1-21-10-12(15(19-21)27-3)16(26)24-8-6-23(7-9-24)5-4-17-14(25)13-11-22(2)20-18-13/h10-11H,4-9H2,1-3H3,(H,17,25). The van der Waals surface area contributed by atoms with Crippen molar-refractivity contribution in [1.82, 2.24) is 39.9 Å². The second-order valence-corrected chi connectivity index (χ2v) is 6.39. The first kappa shape index (κ1) is 18.8. The van der Waals surface area contributed by atoms with Crippen LogP contribution in [-0.2, 0) is 14.1 Å². The lowest BCUT2D eigenvalue weighted by atomic mass is 10.2. The van der Waals surface area contributed by atoms with Crippen molar-refractivity contribution in [3.05, 3.63) is 23.7 Å². The number of nitrogens with one attached hydrogen (secondary N) is 1. The number of carbonyl (C=O) groups excluding carboxylic acids is 2. The summed E-state index contributed by atoms with van der Waals surface area (Å²) in [5.74, 6) is 0.0350. The van der Waals surface area contributed by atoms with Gasteiger partial charge in [-0.1, -0.05) is 5.21 Å². The molecular formula is C16H24N8O3. The third-order valence-electron chi connectivity index (χ3n) is 4.43. The van der Waals surface area contributed by atoms with Gasteiger partial charge in [-0.15, -0.1) is 10.2 Å². The predicted octanol–water partition coefficient (Wildman–Crippen LogP) is -1.25. The number of aromatic nitrogens is 5. The molecule has 3 rings (SSSR count). The highest BCUT2D eigenvalue weighted by Gasteiger charge is 2.26.